The molecule has 1 saturated heterocycles. The number of hydrogen-bond acceptors (Lipinski definition) is 3. The van der Waals surface area contributed by atoms with Crippen LogP contribution in [0.1, 0.15) is 32.6 Å². The molecule has 1 aliphatic carbocycles. The molecule has 5 heteroatoms. The predicted molar refractivity (Wildman–Crippen MR) is 62.1 cm³/mol. The third kappa shape index (κ3) is 2.19. The van der Waals surface area contributed by atoms with Crippen molar-refractivity contribution in [3.63, 3.8) is 0 Å². The summed E-state index contributed by atoms with van der Waals surface area (Å²) in [4.78, 5) is 24.8. The third-order valence-corrected chi connectivity index (χ3v) is 4.45. The van der Waals surface area contributed by atoms with E-state index in [4.69, 9.17) is 5.11 Å². The maximum absolute atomic E-state index is 12.1. The van der Waals surface area contributed by atoms with Crippen LogP contribution in [0.4, 0.5) is 0 Å². The molecular weight excluding hydrogens is 226 g/mol. The topological polar surface area (TPSA) is 57.6 Å². The van der Waals surface area contributed by atoms with E-state index < -0.39 is 12.0 Å². The van der Waals surface area contributed by atoms with Crippen LogP contribution in [-0.4, -0.2) is 39.1 Å². The van der Waals surface area contributed by atoms with Gasteiger partial charge in [-0.15, -0.1) is 11.8 Å². The van der Waals surface area contributed by atoms with Crippen LogP contribution in [0.15, 0.2) is 0 Å². The van der Waals surface area contributed by atoms with Crippen LogP contribution < -0.4 is 0 Å². The first-order valence-corrected chi connectivity index (χ1v) is 6.86. The Balaban J connectivity index is 2.10. The first kappa shape index (κ1) is 11.8. The molecule has 2 rings (SSSR count). The first-order chi connectivity index (χ1) is 7.65. The maximum atomic E-state index is 12.1. The highest BCUT2D eigenvalue weighted by Crippen LogP contribution is 2.38. The van der Waals surface area contributed by atoms with Crippen molar-refractivity contribution in [1.82, 2.24) is 4.90 Å². The Morgan fingerprint density at radius 2 is 2.12 bits per heavy atom. The van der Waals surface area contributed by atoms with E-state index in [0.717, 1.165) is 25.7 Å². The predicted octanol–water partition coefficient (Wildman–Crippen LogP) is 1.55. The Morgan fingerprint density at radius 1 is 1.44 bits per heavy atom. The Morgan fingerprint density at radius 3 is 2.62 bits per heavy atom. The van der Waals surface area contributed by atoms with Crippen LogP contribution in [0.2, 0.25) is 0 Å². The van der Waals surface area contributed by atoms with Gasteiger partial charge in [-0.1, -0.05) is 13.3 Å². The summed E-state index contributed by atoms with van der Waals surface area (Å²) in [6.45, 7) is 2.06. The van der Waals surface area contributed by atoms with E-state index in [1.165, 1.54) is 0 Å². The monoisotopic (exact) mass is 243 g/mol. The lowest BCUT2D eigenvalue weighted by atomic mass is 10.2. The second-order valence-electron chi connectivity index (χ2n) is 4.45. The minimum Gasteiger partial charge on any atom is -0.480 e. The maximum Gasteiger partial charge on any atom is 0.327 e. The molecule has 16 heavy (non-hydrogen) atoms. The molecule has 0 aromatic heterocycles. The smallest absolute Gasteiger partial charge is 0.327 e. The lowest BCUT2D eigenvalue weighted by molar-refractivity contribution is -0.149. The number of rotatable bonds is 4. The molecule has 2 atom stereocenters. The van der Waals surface area contributed by atoms with E-state index in [1.54, 1.807) is 16.7 Å². The van der Waals surface area contributed by atoms with Crippen LogP contribution in [-0.2, 0) is 9.59 Å². The summed E-state index contributed by atoms with van der Waals surface area (Å²) in [6.07, 6.45) is 3.75. The molecule has 1 aliphatic heterocycles. The van der Waals surface area contributed by atoms with E-state index in [0.29, 0.717) is 5.75 Å². The molecule has 2 fully saturated rings. The summed E-state index contributed by atoms with van der Waals surface area (Å²) in [5.41, 5.74) is 0. The Labute approximate surface area is 99.4 Å². The van der Waals surface area contributed by atoms with Crippen molar-refractivity contribution in [1.29, 1.82) is 0 Å². The highest BCUT2D eigenvalue weighted by Gasteiger charge is 2.45. The standard InChI is InChI=1S/C11H17NO3S/c1-2-3-9-12(10(13)7-4-5-7)8(6-16-9)11(14)15/h7-9H,2-6H2,1H3,(H,14,15)/t8-,9-/m1/s1. The largest absolute Gasteiger partial charge is 0.480 e. The van der Waals surface area contributed by atoms with Crippen LogP contribution in [0.5, 0.6) is 0 Å². The Hall–Kier alpha value is -0.710. The van der Waals surface area contributed by atoms with Crippen molar-refractivity contribution in [2.24, 2.45) is 5.92 Å². The number of amides is 1. The molecular formula is C11H17NO3S. The van der Waals surface area contributed by atoms with E-state index in [9.17, 15) is 9.59 Å². The van der Waals surface area contributed by atoms with Gasteiger partial charge in [0.25, 0.3) is 0 Å². The number of carboxylic acids is 1. The molecule has 0 radical (unpaired) electrons. The quantitative estimate of drug-likeness (QED) is 0.814. The number of aliphatic carboxylic acids is 1. The molecule has 0 unspecified atom stereocenters. The van der Waals surface area contributed by atoms with E-state index in [-0.39, 0.29) is 17.2 Å². The molecule has 1 heterocycles. The molecule has 4 nitrogen and oxygen atoms in total. The average molecular weight is 243 g/mol. The van der Waals surface area contributed by atoms with Crippen molar-refractivity contribution in [2.45, 2.75) is 44.0 Å². The van der Waals surface area contributed by atoms with Gasteiger partial charge in [-0.25, -0.2) is 4.79 Å². The fourth-order valence-corrected chi connectivity index (χ4v) is 3.58. The lowest BCUT2D eigenvalue weighted by Crippen LogP contribution is -2.46. The summed E-state index contributed by atoms with van der Waals surface area (Å²) in [7, 11) is 0. The van der Waals surface area contributed by atoms with Crippen molar-refractivity contribution >= 4 is 23.6 Å². The van der Waals surface area contributed by atoms with Gasteiger partial charge in [-0.2, -0.15) is 0 Å². The van der Waals surface area contributed by atoms with Gasteiger partial charge in [0.1, 0.15) is 6.04 Å². The van der Waals surface area contributed by atoms with Crippen molar-refractivity contribution in [2.75, 3.05) is 5.75 Å². The van der Waals surface area contributed by atoms with Crippen molar-refractivity contribution in [3.8, 4) is 0 Å². The number of carbonyl (C=O) groups excluding carboxylic acids is 1. The van der Waals surface area contributed by atoms with Gasteiger partial charge in [0, 0.05) is 11.7 Å². The van der Waals surface area contributed by atoms with Crippen LogP contribution in [0.25, 0.3) is 0 Å². The SMILES string of the molecule is CCC[C@H]1SC[C@H](C(=O)O)N1C(=O)C1CC1. The van der Waals surface area contributed by atoms with Crippen LogP contribution >= 0.6 is 11.8 Å². The summed E-state index contributed by atoms with van der Waals surface area (Å²) < 4.78 is 0. The fourth-order valence-electron chi connectivity index (χ4n) is 2.06. The highest BCUT2D eigenvalue weighted by molar-refractivity contribution is 8.00. The second-order valence-corrected chi connectivity index (χ2v) is 5.66. The molecule has 2 aliphatic rings. The summed E-state index contributed by atoms with van der Waals surface area (Å²) >= 11 is 1.61. The molecule has 0 aromatic rings. The summed E-state index contributed by atoms with van der Waals surface area (Å²) in [5, 5.41) is 9.20. The molecule has 0 bridgehead atoms. The number of hydrogen-bond donors (Lipinski definition) is 1. The molecule has 1 amide bonds. The normalized spacial score (nSPS) is 29.4. The van der Waals surface area contributed by atoms with Gasteiger partial charge in [-0.3, -0.25) is 4.79 Å². The van der Waals surface area contributed by atoms with Crippen LogP contribution in [0.3, 0.4) is 0 Å². The van der Waals surface area contributed by atoms with E-state index in [2.05, 4.69) is 6.92 Å². The molecule has 1 N–H and O–H groups in total. The van der Waals surface area contributed by atoms with Gasteiger partial charge in [0.05, 0.1) is 5.37 Å². The van der Waals surface area contributed by atoms with Gasteiger partial charge in [0.2, 0.25) is 5.91 Å². The minimum atomic E-state index is -0.861. The second kappa shape index (κ2) is 4.65. The molecule has 1 saturated carbocycles. The summed E-state index contributed by atoms with van der Waals surface area (Å²) in [6, 6.07) is -0.602. The third-order valence-electron chi connectivity index (χ3n) is 3.09. The molecule has 0 aromatic carbocycles. The van der Waals surface area contributed by atoms with Gasteiger partial charge in [0.15, 0.2) is 0 Å². The van der Waals surface area contributed by atoms with Gasteiger partial charge >= 0.3 is 5.97 Å². The Bertz CT molecular complexity index is 304. The molecule has 0 spiro atoms. The first-order valence-electron chi connectivity index (χ1n) is 5.81. The van der Waals surface area contributed by atoms with Crippen LogP contribution in [0, 0.1) is 5.92 Å². The lowest BCUT2D eigenvalue weighted by Gasteiger charge is -2.27. The zero-order valence-corrected chi connectivity index (χ0v) is 10.2. The van der Waals surface area contributed by atoms with Crippen molar-refractivity contribution < 1.29 is 14.7 Å². The Kier molecular flexibility index (Phi) is 3.42. The number of carboxylic acid groups (broad SMARTS) is 1. The van der Waals surface area contributed by atoms with Gasteiger partial charge in [-0.05, 0) is 19.3 Å². The van der Waals surface area contributed by atoms with Gasteiger partial charge < -0.3 is 10.0 Å². The van der Waals surface area contributed by atoms with E-state index >= 15 is 0 Å². The number of carbonyl (C=O) groups is 2. The highest BCUT2D eigenvalue weighted by atomic mass is 32.2. The summed E-state index contributed by atoms with van der Waals surface area (Å²) in [5.74, 6) is -0.144. The average Bonchev–Trinajstić information content (AvgIpc) is 2.99. The minimum absolute atomic E-state index is 0.0656. The zero-order valence-electron chi connectivity index (χ0n) is 9.39. The number of nitrogens with zero attached hydrogens (tertiary/aromatic N) is 1. The fraction of sp³-hybridized carbons (Fsp3) is 0.818. The zero-order chi connectivity index (χ0) is 11.7. The number of thioether (sulfide) groups is 1. The van der Waals surface area contributed by atoms with Crippen molar-refractivity contribution in [3.05, 3.63) is 0 Å². The van der Waals surface area contributed by atoms with E-state index in [1.807, 2.05) is 0 Å². The molecule has 90 valence electrons.